The number of carbonyl (C=O) groups excluding carboxylic acids is 1. The Bertz CT molecular complexity index is 1170. The van der Waals surface area contributed by atoms with Crippen LogP contribution in [-0.4, -0.2) is 31.7 Å². The van der Waals surface area contributed by atoms with Crippen molar-refractivity contribution in [3.8, 4) is 23.0 Å². The summed E-state index contributed by atoms with van der Waals surface area (Å²) in [7, 11) is 3.21. The largest absolute Gasteiger partial charge is 0.493 e. The lowest BCUT2D eigenvalue weighted by Gasteiger charge is -2.11. The first kappa shape index (κ1) is 19.5. The zero-order valence-electron chi connectivity index (χ0n) is 16.8. The first-order valence-corrected chi connectivity index (χ1v) is 9.62. The number of hydrogen-bond acceptors (Lipinski definition) is 5. The molecule has 0 aliphatic rings. The van der Waals surface area contributed by atoms with Crippen molar-refractivity contribution in [3.63, 3.8) is 0 Å². The first-order chi connectivity index (χ1) is 14.7. The van der Waals surface area contributed by atoms with Crippen LogP contribution in [0.25, 0.3) is 22.4 Å². The standard InChI is InChI=1S/C24H22N2O4/c1-28-22-10-9-16(14-23(22)29-2)11-12-25-24(27)18-15-20(21-8-5-13-30-21)26-19-7-4-3-6-17(18)19/h3-10,13-15H,11-12H2,1-2H3,(H,25,27). The van der Waals surface area contributed by atoms with E-state index in [9.17, 15) is 4.79 Å². The van der Waals surface area contributed by atoms with Gasteiger partial charge in [0, 0.05) is 11.9 Å². The van der Waals surface area contributed by atoms with Crippen LogP contribution in [0.5, 0.6) is 11.5 Å². The molecule has 2 aromatic carbocycles. The monoisotopic (exact) mass is 402 g/mol. The Morgan fingerprint density at radius 1 is 1.00 bits per heavy atom. The van der Waals surface area contributed by atoms with Crippen molar-refractivity contribution < 1.29 is 18.7 Å². The van der Waals surface area contributed by atoms with Crippen LogP contribution in [0.15, 0.2) is 71.3 Å². The molecule has 0 unspecified atom stereocenters. The lowest BCUT2D eigenvalue weighted by atomic mass is 10.1. The van der Waals surface area contributed by atoms with Crippen LogP contribution < -0.4 is 14.8 Å². The summed E-state index contributed by atoms with van der Waals surface area (Å²) in [6.07, 6.45) is 2.26. The summed E-state index contributed by atoms with van der Waals surface area (Å²) in [4.78, 5) is 17.6. The number of hydrogen-bond donors (Lipinski definition) is 1. The van der Waals surface area contributed by atoms with Gasteiger partial charge in [-0.2, -0.15) is 0 Å². The Morgan fingerprint density at radius 3 is 2.60 bits per heavy atom. The number of para-hydroxylation sites is 1. The molecule has 4 aromatic rings. The number of benzene rings is 2. The second kappa shape index (κ2) is 8.69. The number of pyridine rings is 1. The third kappa shape index (κ3) is 3.98. The number of furan rings is 1. The molecule has 0 aliphatic heterocycles. The molecule has 4 rings (SSSR count). The molecule has 0 aliphatic carbocycles. The predicted octanol–water partition coefficient (Wildman–Crippen LogP) is 4.48. The number of carbonyl (C=O) groups is 1. The van der Waals surface area contributed by atoms with E-state index in [2.05, 4.69) is 10.3 Å². The van der Waals surface area contributed by atoms with Crippen LogP contribution in [0.3, 0.4) is 0 Å². The minimum Gasteiger partial charge on any atom is -0.493 e. The number of fused-ring (bicyclic) bond motifs is 1. The van der Waals surface area contributed by atoms with E-state index in [1.807, 2.05) is 48.5 Å². The van der Waals surface area contributed by atoms with Gasteiger partial charge in [0.25, 0.3) is 5.91 Å². The summed E-state index contributed by atoms with van der Waals surface area (Å²) < 4.78 is 16.1. The van der Waals surface area contributed by atoms with E-state index in [-0.39, 0.29) is 5.91 Å². The van der Waals surface area contributed by atoms with Crippen molar-refractivity contribution in [1.29, 1.82) is 0 Å². The van der Waals surface area contributed by atoms with Gasteiger partial charge in [-0.3, -0.25) is 4.79 Å². The first-order valence-electron chi connectivity index (χ1n) is 9.62. The van der Waals surface area contributed by atoms with Gasteiger partial charge in [0.05, 0.1) is 31.6 Å². The fraction of sp³-hybridized carbons (Fsp3) is 0.167. The minimum absolute atomic E-state index is 0.151. The Morgan fingerprint density at radius 2 is 1.83 bits per heavy atom. The second-order valence-corrected chi connectivity index (χ2v) is 6.74. The van der Waals surface area contributed by atoms with E-state index < -0.39 is 0 Å². The number of nitrogens with zero attached hydrogens (tertiary/aromatic N) is 1. The molecule has 0 spiro atoms. The van der Waals surface area contributed by atoms with E-state index in [4.69, 9.17) is 13.9 Å². The fourth-order valence-corrected chi connectivity index (χ4v) is 3.37. The van der Waals surface area contributed by atoms with Crippen molar-refractivity contribution in [2.24, 2.45) is 0 Å². The molecule has 0 radical (unpaired) electrons. The molecular weight excluding hydrogens is 380 g/mol. The maximum Gasteiger partial charge on any atom is 0.252 e. The molecule has 152 valence electrons. The highest BCUT2D eigenvalue weighted by Crippen LogP contribution is 2.28. The van der Waals surface area contributed by atoms with Crippen molar-refractivity contribution in [2.75, 3.05) is 20.8 Å². The molecule has 6 nitrogen and oxygen atoms in total. The summed E-state index contributed by atoms with van der Waals surface area (Å²) >= 11 is 0. The van der Waals surface area contributed by atoms with Gasteiger partial charge < -0.3 is 19.2 Å². The van der Waals surface area contributed by atoms with Crippen LogP contribution in [0.4, 0.5) is 0 Å². The number of amides is 1. The average Bonchev–Trinajstić information content (AvgIpc) is 3.33. The lowest BCUT2D eigenvalue weighted by molar-refractivity contribution is 0.0955. The van der Waals surface area contributed by atoms with Crippen LogP contribution in [0.1, 0.15) is 15.9 Å². The number of nitrogens with one attached hydrogen (secondary N) is 1. The SMILES string of the molecule is COc1ccc(CCNC(=O)c2cc(-c3ccco3)nc3ccccc23)cc1OC. The quantitative estimate of drug-likeness (QED) is 0.493. The van der Waals surface area contributed by atoms with Crippen molar-refractivity contribution >= 4 is 16.8 Å². The number of rotatable bonds is 7. The van der Waals surface area contributed by atoms with E-state index in [1.165, 1.54) is 0 Å². The van der Waals surface area contributed by atoms with Crippen LogP contribution >= 0.6 is 0 Å². The summed E-state index contributed by atoms with van der Waals surface area (Å²) in [6, 6.07) is 18.7. The van der Waals surface area contributed by atoms with Crippen molar-refractivity contribution in [1.82, 2.24) is 10.3 Å². The summed E-state index contributed by atoms with van der Waals surface area (Å²) in [5.74, 6) is 1.82. The molecule has 0 atom stereocenters. The average molecular weight is 402 g/mol. The molecule has 0 saturated carbocycles. The molecule has 1 N–H and O–H groups in total. The lowest BCUT2D eigenvalue weighted by Crippen LogP contribution is -2.26. The molecule has 0 saturated heterocycles. The fourth-order valence-electron chi connectivity index (χ4n) is 3.37. The highest BCUT2D eigenvalue weighted by Gasteiger charge is 2.15. The number of ether oxygens (including phenoxy) is 2. The summed E-state index contributed by atoms with van der Waals surface area (Å²) in [6.45, 7) is 0.487. The van der Waals surface area contributed by atoms with Crippen LogP contribution in [0.2, 0.25) is 0 Å². The van der Waals surface area contributed by atoms with Gasteiger partial charge in [-0.15, -0.1) is 0 Å². The third-order valence-electron chi connectivity index (χ3n) is 4.88. The Hall–Kier alpha value is -3.80. The van der Waals surface area contributed by atoms with Gasteiger partial charge in [-0.1, -0.05) is 24.3 Å². The second-order valence-electron chi connectivity index (χ2n) is 6.74. The maximum atomic E-state index is 13.0. The topological polar surface area (TPSA) is 73.6 Å². The Labute approximate surface area is 174 Å². The van der Waals surface area contributed by atoms with E-state index >= 15 is 0 Å². The molecule has 1 amide bonds. The molecular formula is C24H22N2O4. The smallest absolute Gasteiger partial charge is 0.252 e. The Kier molecular flexibility index (Phi) is 5.66. The van der Waals surface area contributed by atoms with Crippen LogP contribution in [-0.2, 0) is 6.42 Å². The van der Waals surface area contributed by atoms with Gasteiger partial charge in [-0.05, 0) is 48.4 Å². The normalized spacial score (nSPS) is 10.7. The van der Waals surface area contributed by atoms with Gasteiger partial charge in [-0.25, -0.2) is 4.98 Å². The summed E-state index contributed by atoms with van der Waals surface area (Å²) in [5.41, 5.74) is 2.99. The van der Waals surface area contributed by atoms with Gasteiger partial charge in [0.2, 0.25) is 0 Å². The molecule has 30 heavy (non-hydrogen) atoms. The third-order valence-corrected chi connectivity index (χ3v) is 4.88. The van der Waals surface area contributed by atoms with Gasteiger partial charge in [0.15, 0.2) is 17.3 Å². The minimum atomic E-state index is -0.151. The highest BCUT2D eigenvalue weighted by molar-refractivity contribution is 6.07. The number of methoxy groups -OCH3 is 2. The van der Waals surface area contributed by atoms with Gasteiger partial charge >= 0.3 is 0 Å². The predicted molar refractivity (Wildman–Crippen MR) is 115 cm³/mol. The zero-order valence-corrected chi connectivity index (χ0v) is 16.8. The van der Waals surface area contributed by atoms with Crippen molar-refractivity contribution in [2.45, 2.75) is 6.42 Å². The van der Waals surface area contributed by atoms with E-state index in [0.717, 1.165) is 16.5 Å². The zero-order chi connectivity index (χ0) is 20.9. The summed E-state index contributed by atoms with van der Waals surface area (Å²) in [5, 5.41) is 3.81. The molecule has 6 heteroatoms. The van der Waals surface area contributed by atoms with Gasteiger partial charge in [0.1, 0.15) is 5.69 Å². The van der Waals surface area contributed by atoms with E-state index in [0.29, 0.717) is 41.5 Å². The molecule has 0 bridgehead atoms. The van der Waals surface area contributed by atoms with E-state index in [1.54, 1.807) is 32.6 Å². The number of aromatic nitrogens is 1. The Balaban J connectivity index is 1.53. The van der Waals surface area contributed by atoms with Crippen LogP contribution in [0, 0.1) is 0 Å². The van der Waals surface area contributed by atoms with Crippen molar-refractivity contribution in [3.05, 3.63) is 78.1 Å². The molecule has 2 aromatic heterocycles. The maximum absolute atomic E-state index is 13.0. The molecule has 2 heterocycles. The highest BCUT2D eigenvalue weighted by atomic mass is 16.5. The molecule has 0 fully saturated rings.